The van der Waals surface area contributed by atoms with E-state index in [0.29, 0.717) is 19.3 Å². The van der Waals surface area contributed by atoms with Crippen molar-refractivity contribution >= 4 is 23.6 Å². The second-order valence-corrected chi connectivity index (χ2v) is 7.44. The molecule has 0 saturated carbocycles. The van der Waals surface area contributed by atoms with Gasteiger partial charge < -0.3 is 4.57 Å². The van der Waals surface area contributed by atoms with E-state index in [1.807, 2.05) is 0 Å². The van der Waals surface area contributed by atoms with Gasteiger partial charge in [0, 0.05) is 19.2 Å². The third-order valence-corrected chi connectivity index (χ3v) is 5.60. The minimum Gasteiger partial charge on any atom is -0.302 e. The largest absolute Gasteiger partial charge is 0.451 e. The van der Waals surface area contributed by atoms with Crippen molar-refractivity contribution in [1.82, 2.24) is 19.7 Å². The van der Waals surface area contributed by atoms with Gasteiger partial charge in [0.05, 0.1) is 5.25 Å². The molecule has 1 aliphatic rings. The molecule has 0 bridgehead atoms. The molecule has 1 aromatic heterocycles. The van der Waals surface area contributed by atoms with E-state index in [9.17, 15) is 27.2 Å². The Balaban J connectivity index is 1.81. The first-order valence-corrected chi connectivity index (χ1v) is 9.31. The molecule has 2 aromatic rings. The van der Waals surface area contributed by atoms with Gasteiger partial charge in [-0.3, -0.25) is 14.5 Å². The third kappa shape index (κ3) is 4.18. The highest BCUT2D eigenvalue weighted by Crippen LogP contribution is 2.33. The number of hydrogen-bond acceptors (Lipinski definition) is 5. The van der Waals surface area contributed by atoms with Crippen LogP contribution in [-0.4, -0.2) is 43.3 Å². The summed E-state index contributed by atoms with van der Waals surface area (Å²) in [5, 5.41) is 5.87. The molecular weight excluding hydrogens is 400 g/mol. The van der Waals surface area contributed by atoms with Crippen LogP contribution in [0, 0.1) is 5.82 Å². The zero-order valence-electron chi connectivity index (χ0n) is 14.7. The number of nitrogens with zero attached hydrogens (tertiary/aromatic N) is 4. The van der Waals surface area contributed by atoms with Crippen molar-refractivity contribution < 1.29 is 27.2 Å². The number of likely N-dealkylation sites (tertiary alicyclic amines) is 1. The number of benzene rings is 1. The van der Waals surface area contributed by atoms with Crippen molar-refractivity contribution in [3.63, 3.8) is 0 Å². The first-order valence-electron chi connectivity index (χ1n) is 8.43. The van der Waals surface area contributed by atoms with Crippen molar-refractivity contribution in [2.45, 2.75) is 35.8 Å². The molecule has 11 heteroatoms. The predicted octanol–water partition coefficient (Wildman–Crippen LogP) is 3.29. The SMILES string of the molecule is Cn1c(S[C@@H]2CCCCN(C(=O)c3ccc(F)cc3)C2=O)nnc1C(F)(F)F. The molecule has 0 unspecified atom stereocenters. The van der Waals surface area contributed by atoms with Gasteiger partial charge in [-0.1, -0.05) is 18.2 Å². The lowest BCUT2D eigenvalue weighted by molar-refractivity contribution is -0.147. The Labute approximate surface area is 161 Å². The number of carbonyl (C=O) groups excluding carboxylic acids is 2. The number of amides is 2. The monoisotopic (exact) mass is 416 g/mol. The normalized spacial score (nSPS) is 18.2. The molecular formula is C17H16F4N4O2S. The first kappa shape index (κ1) is 20.3. The Hall–Kier alpha value is -2.43. The minimum atomic E-state index is -4.65. The lowest BCUT2D eigenvalue weighted by atomic mass is 10.2. The topological polar surface area (TPSA) is 68.1 Å². The van der Waals surface area contributed by atoms with E-state index in [1.165, 1.54) is 19.2 Å². The molecule has 28 heavy (non-hydrogen) atoms. The molecule has 0 aliphatic carbocycles. The Bertz CT molecular complexity index is 882. The Morgan fingerprint density at radius 3 is 2.46 bits per heavy atom. The van der Waals surface area contributed by atoms with Crippen molar-refractivity contribution in [3.05, 3.63) is 41.5 Å². The maximum atomic E-state index is 13.1. The van der Waals surface area contributed by atoms with Gasteiger partial charge in [0.1, 0.15) is 5.82 Å². The molecule has 1 aliphatic heterocycles. The smallest absolute Gasteiger partial charge is 0.302 e. The predicted molar refractivity (Wildman–Crippen MR) is 91.9 cm³/mol. The van der Waals surface area contributed by atoms with Gasteiger partial charge in [-0.25, -0.2) is 4.39 Å². The van der Waals surface area contributed by atoms with E-state index in [2.05, 4.69) is 10.2 Å². The lowest BCUT2D eigenvalue weighted by Gasteiger charge is -2.22. The second-order valence-electron chi connectivity index (χ2n) is 6.27. The van der Waals surface area contributed by atoms with Gasteiger partial charge in [0.25, 0.3) is 5.91 Å². The molecule has 2 heterocycles. The highest BCUT2D eigenvalue weighted by atomic mass is 32.2. The average Bonchev–Trinajstić information content (AvgIpc) is 2.90. The molecule has 0 spiro atoms. The van der Waals surface area contributed by atoms with E-state index >= 15 is 0 Å². The Morgan fingerprint density at radius 2 is 1.86 bits per heavy atom. The van der Waals surface area contributed by atoms with Crippen LogP contribution in [0.25, 0.3) is 0 Å². The van der Waals surface area contributed by atoms with Crippen molar-refractivity contribution in [1.29, 1.82) is 0 Å². The number of carbonyl (C=O) groups is 2. The van der Waals surface area contributed by atoms with Gasteiger partial charge in [-0.2, -0.15) is 13.2 Å². The van der Waals surface area contributed by atoms with Crippen molar-refractivity contribution in [2.24, 2.45) is 7.05 Å². The quantitative estimate of drug-likeness (QED) is 0.568. The molecule has 3 rings (SSSR count). The summed E-state index contributed by atoms with van der Waals surface area (Å²) in [4.78, 5) is 26.6. The highest BCUT2D eigenvalue weighted by molar-refractivity contribution is 8.00. The number of alkyl halides is 3. The molecule has 2 amide bonds. The van der Waals surface area contributed by atoms with Gasteiger partial charge >= 0.3 is 6.18 Å². The molecule has 150 valence electrons. The molecule has 0 N–H and O–H groups in total. The summed E-state index contributed by atoms with van der Waals surface area (Å²) in [7, 11) is 1.17. The minimum absolute atomic E-state index is 0.0539. The molecule has 0 radical (unpaired) electrons. The number of rotatable bonds is 3. The van der Waals surface area contributed by atoms with Crippen LogP contribution in [0.3, 0.4) is 0 Å². The number of halogens is 4. The van der Waals surface area contributed by atoms with E-state index in [4.69, 9.17) is 0 Å². The molecule has 6 nitrogen and oxygen atoms in total. The summed E-state index contributed by atoms with van der Waals surface area (Å²) in [5.74, 6) is -2.73. The van der Waals surface area contributed by atoms with Crippen LogP contribution in [0.5, 0.6) is 0 Å². The second kappa shape index (κ2) is 7.90. The third-order valence-electron chi connectivity index (χ3n) is 4.31. The van der Waals surface area contributed by atoms with E-state index in [-0.39, 0.29) is 17.3 Å². The number of imide groups is 1. The zero-order valence-corrected chi connectivity index (χ0v) is 15.6. The van der Waals surface area contributed by atoms with Crippen LogP contribution in [0.2, 0.25) is 0 Å². The summed E-state index contributed by atoms with van der Waals surface area (Å²) in [5.41, 5.74) is 0.165. The highest BCUT2D eigenvalue weighted by Gasteiger charge is 2.39. The van der Waals surface area contributed by atoms with Crippen LogP contribution >= 0.6 is 11.8 Å². The fourth-order valence-electron chi connectivity index (χ4n) is 2.86. The van der Waals surface area contributed by atoms with E-state index in [0.717, 1.165) is 33.4 Å². The molecule has 1 atom stereocenters. The van der Waals surface area contributed by atoms with Gasteiger partial charge in [0.2, 0.25) is 11.7 Å². The summed E-state index contributed by atoms with van der Waals surface area (Å²) in [6, 6.07) is 4.83. The van der Waals surface area contributed by atoms with Gasteiger partial charge in [-0.05, 0) is 37.1 Å². The number of hydrogen-bond donors (Lipinski definition) is 0. The Kier molecular flexibility index (Phi) is 5.73. The zero-order chi connectivity index (χ0) is 20.5. The van der Waals surface area contributed by atoms with Crippen molar-refractivity contribution in [2.75, 3.05) is 6.54 Å². The first-order chi connectivity index (χ1) is 13.2. The van der Waals surface area contributed by atoms with E-state index < -0.39 is 34.9 Å². The number of thioether (sulfide) groups is 1. The summed E-state index contributed by atoms with van der Waals surface area (Å²) in [6.07, 6.45) is -3.06. The maximum absolute atomic E-state index is 13.1. The Morgan fingerprint density at radius 1 is 1.18 bits per heavy atom. The standard InChI is InChI=1S/C17H16F4N4O2S/c1-24-15(17(19,20)21)22-23-16(24)28-12-4-2-3-9-25(14(12)27)13(26)10-5-7-11(18)8-6-10/h5-8,12H,2-4,9H2,1H3/t12-/m1/s1. The van der Waals surface area contributed by atoms with E-state index in [1.54, 1.807) is 0 Å². The molecule has 1 aromatic carbocycles. The van der Waals surface area contributed by atoms with Crippen LogP contribution < -0.4 is 0 Å². The fraction of sp³-hybridized carbons (Fsp3) is 0.412. The van der Waals surface area contributed by atoms with Gasteiger partial charge in [-0.15, -0.1) is 10.2 Å². The van der Waals surface area contributed by atoms with Gasteiger partial charge in [0.15, 0.2) is 5.16 Å². The summed E-state index contributed by atoms with van der Waals surface area (Å²) in [6.45, 7) is 0.193. The summed E-state index contributed by atoms with van der Waals surface area (Å²) < 4.78 is 52.5. The van der Waals surface area contributed by atoms with Crippen LogP contribution in [-0.2, 0) is 18.0 Å². The van der Waals surface area contributed by atoms with Crippen LogP contribution in [0.4, 0.5) is 17.6 Å². The lowest BCUT2D eigenvalue weighted by Crippen LogP contribution is -2.41. The van der Waals surface area contributed by atoms with Crippen molar-refractivity contribution in [3.8, 4) is 0 Å². The number of aromatic nitrogens is 3. The van der Waals surface area contributed by atoms with Crippen LogP contribution in [0.15, 0.2) is 29.4 Å². The maximum Gasteiger partial charge on any atom is 0.451 e. The average molecular weight is 416 g/mol. The molecule has 1 fully saturated rings. The van der Waals surface area contributed by atoms with Crippen LogP contribution in [0.1, 0.15) is 35.4 Å². The summed E-state index contributed by atoms with van der Waals surface area (Å²) >= 11 is 0.854. The fourth-order valence-corrected chi connectivity index (χ4v) is 3.96. The molecule has 1 saturated heterocycles.